The SMILES string of the molecule is Cc1nonc1C(=O)N[C@H](c1cn2ncc(C(NC(=O)C(F)(F)CC3CC3)C3CC3)cc2n1)C1CCC(F)(F)CC1. The molecule has 3 fully saturated rings. The molecule has 3 aliphatic rings. The molecule has 220 valence electrons. The normalized spacial score (nSPS) is 21.0. The maximum Gasteiger partial charge on any atom is 0.324 e. The van der Waals surface area contributed by atoms with Gasteiger partial charge in [0.05, 0.1) is 30.2 Å². The molecular weight excluding hydrogens is 546 g/mol. The molecule has 0 aliphatic heterocycles. The Bertz CT molecular complexity index is 1440. The van der Waals surface area contributed by atoms with E-state index in [0.29, 0.717) is 16.9 Å². The molecule has 2 amide bonds. The van der Waals surface area contributed by atoms with E-state index < -0.39 is 42.2 Å². The first-order valence-electron chi connectivity index (χ1n) is 14.0. The minimum absolute atomic E-state index is 0.0122. The molecular formula is C27H31F4N7O3. The summed E-state index contributed by atoms with van der Waals surface area (Å²) in [7, 11) is 0. The first kappa shape index (κ1) is 27.6. The number of rotatable bonds is 10. The van der Waals surface area contributed by atoms with Gasteiger partial charge in [-0.25, -0.2) is 22.9 Å². The van der Waals surface area contributed by atoms with E-state index in [1.165, 1.54) is 10.7 Å². The second-order valence-corrected chi connectivity index (χ2v) is 11.7. The van der Waals surface area contributed by atoms with E-state index in [1.807, 2.05) is 0 Å². The molecule has 14 heteroatoms. The van der Waals surface area contributed by atoms with Gasteiger partial charge in [0.15, 0.2) is 11.3 Å². The number of nitrogens with one attached hydrogen (secondary N) is 2. The van der Waals surface area contributed by atoms with Gasteiger partial charge in [0.1, 0.15) is 5.69 Å². The zero-order valence-electron chi connectivity index (χ0n) is 22.5. The average molecular weight is 578 g/mol. The number of amides is 2. The zero-order chi connectivity index (χ0) is 28.9. The van der Waals surface area contributed by atoms with Crippen LogP contribution in [0, 0.1) is 24.7 Å². The lowest BCUT2D eigenvalue weighted by Crippen LogP contribution is -2.43. The molecule has 0 radical (unpaired) electrons. The molecule has 41 heavy (non-hydrogen) atoms. The summed E-state index contributed by atoms with van der Waals surface area (Å²) in [5, 5.41) is 17.1. The highest BCUT2D eigenvalue weighted by molar-refractivity contribution is 5.93. The van der Waals surface area contributed by atoms with Crippen molar-refractivity contribution < 1.29 is 31.8 Å². The third-order valence-corrected chi connectivity index (χ3v) is 8.38. The predicted octanol–water partition coefficient (Wildman–Crippen LogP) is 4.72. The standard InChI is InChI=1S/C27H31F4N7O3/c1-14-21(37-41-36-14)24(39)34-23(17-6-8-26(28,29)9-7-17)19-13-38-20(33-19)10-18(12-32-38)22(16-4-5-16)35-25(40)27(30,31)11-15-2-3-15/h10,12-13,15-17,22-23H,2-9,11H2,1H3,(H,34,39)(H,35,40)/t22?,23-/m0/s1. The van der Waals surface area contributed by atoms with Gasteiger partial charge in [0.2, 0.25) is 5.92 Å². The molecule has 3 aliphatic carbocycles. The van der Waals surface area contributed by atoms with E-state index in [0.717, 1.165) is 25.7 Å². The van der Waals surface area contributed by atoms with Crippen molar-refractivity contribution >= 4 is 17.5 Å². The molecule has 3 saturated carbocycles. The first-order chi connectivity index (χ1) is 19.5. The number of hydrogen-bond donors (Lipinski definition) is 2. The van der Waals surface area contributed by atoms with Crippen molar-refractivity contribution in [2.45, 2.75) is 88.6 Å². The largest absolute Gasteiger partial charge is 0.344 e. The van der Waals surface area contributed by atoms with Crippen LogP contribution in [0.2, 0.25) is 0 Å². The van der Waals surface area contributed by atoms with Crippen LogP contribution in [-0.4, -0.2) is 48.6 Å². The van der Waals surface area contributed by atoms with Crippen LogP contribution in [0.5, 0.6) is 0 Å². The van der Waals surface area contributed by atoms with Gasteiger partial charge in [-0.1, -0.05) is 5.16 Å². The highest BCUT2D eigenvalue weighted by Crippen LogP contribution is 2.44. The van der Waals surface area contributed by atoms with Gasteiger partial charge in [-0.2, -0.15) is 13.9 Å². The number of hydrogen-bond acceptors (Lipinski definition) is 7. The summed E-state index contributed by atoms with van der Waals surface area (Å²) < 4.78 is 63.1. The predicted molar refractivity (Wildman–Crippen MR) is 135 cm³/mol. The topological polar surface area (TPSA) is 127 Å². The highest BCUT2D eigenvalue weighted by Gasteiger charge is 2.46. The third kappa shape index (κ3) is 6.05. The Morgan fingerprint density at radius 3 is 2.41 bits per heavy atom. The molecule has 0 spiro atoms. The molecule has 0 saturated heterocycles. The third-order valence-electron chi connectivity index (χ3n) is 8.38. The molecule has 2 N–H and O–H groups in total. The van der Waals surface area contributed by atoms with Crippen LogP contribution >= 0.6 is 0 Å². The molecule has 0 bridgehead atoms. The van der Waals surface area contributed by atoms with E-state index in [2.05, 4.69) is 35.7 Å². The summed E-state index contributed by atoms with van der Waals surface area (Å²) in [4.78, 5) is 30.2. The lowest BCUT2D eigenvalue weighted by Gasteiger charge is -2.33. The summed E-state index contributed by atoms with van der Waals surface area (Å²) >= 11 is 0. The molecule has 3 aromatic rings. The summed E-state index contributed by atoms with van der Waals surface area (Å²) in [5.74, 6) is -8.46. The number of aromatic nitrogens is 5. The summed E-state index contributed by atoms with van der Waals surface area (Å²) in [6, 6.07) is 0.321. The van der Waals surface area contributed by atoms with Crippen LogP contribution in [-0.2, 0) is 4.79 Å². The second-order valence-electron chi connectivity index (χ2n) is 11.7. The number of alkyl halides is 4. The Morgan fingerprint density at radius 1 is 1.07 bits per heavy atom. The maximum absolute atomic E-state index is 14.5. The lowest BCUT2D eigenvalue weighted by molar-refractivity contribution is -0.148. The van der Waals surface area contributed by atoms with Gasteiger partial charge < -0.3 is 10.6 Å². The fourth-order valence-electron chi connectivity index (χ4n) is 5.63. The van der Waals surface area contributed by atoms with Crippen molar-refractivity contribution in [3.8, 4) is 0 Å². The molecule has 1 unspecified atom stereocenters. The number of fused-ring (bicyclic) bond motifs is 1. The van der Waals surface area contributed by atoms with Crippen LogP contribution in [0.3, 0.4) is 0 Å². The Labute approximate surface area is 232 Å². The highest BCUT2D eigenvalue weighted by atomic mass is 19.3. The Hall–Kier alpha value is -3.58. The van der Waals surface area contributed by atoms with Gasteiger partial charge in [-0.3, -0.25) is 9.59 Å². The molecule has 3 aromatic heterocycles. The Morgan fingerprint density at radius 2 is 1.78 bits per heavy atom. The van der Waals surface area contributed by atoms with Crippen molar-refractivity contribution in [2.24, 2.45) is 17.8 Å². The number of imidazole rings is 1. The second kappa shape index (κ2) is 10.4. The number of carbonyl (C=O) groups is 2. The molecule has 10 nitrogen and oxygen atoms in total. The fraction of sp³-hybridized carbons (Fsp3) is 0.630. The summed E-state index contributed by atoms with van der Waals surface area (Å²) in [6.45, 7) is 1.56. The van der Waals surface area contributed by atoms with Crippen LogP contribution in [0.25, 0.3) is 5.65 Å². The maximum atomic E-state index is 14.5. The number of nitrogens with zero attached hydrogens (tertiary/aromatic N) is 5. The Balaban J connectivity index is 1.26. The molecule has 0 aromatic carbocycles. The van der Waals surface area contributed by atoms with Crippen LogP contribution in [0.1, 0.15) is 97.3 Å². The van der Waals surface area contributed by atoms with Crippen molar-refractivity contribution in [1.82, 2.24) is 35.5 Å². The number of aryl methyl sites for hydroxylation is 1. The van der Waals surface area contributed by atoms with E-state index in [9.17, 15) is 27.2 Å². The average Bonchev–Trinajstić information content (AvgIpc) is 3.84. The smallest absolute Gasteiger partial charge is 0.324 e. The molecule has 2 atom stereocenters. The summed E-state index contributed by atoms with van der Waals surface area (Å²) in [5.41, 5.74) is 1.61. The molecule has 6 rings (SSSR count). The van der Waals surface area contributed by atoms with Gasteiger partial charge in [0, 0.05) is 19.3 Å². The summed E-state index contributed by atoms with van der Waals surface area (Å²) in [6.07, 6.45) is 5.44. The van der Waals surface area contributed by atoms with Gasteiger partial charge in [-0.15, -0.1) is 0 Å². The van der Waals surface area contributed by atoms with E-state index in [1.54, 1.807) is 19.2 Å². The Kier molecular flexibility index (Phi) is 6.97. The van der Waals surface area contributed by atoms with E-state index in [-0.39, 0.29) is 54.8 Å². The lowest BCUT2D eigenvalue weighted by atomic mass is 9.81. The quantitative estimate of drug-likeness (QED) is 0.334. The zero-order valence-corrected chi connectivity index (χ0v) is 22.5. The van der Waals surface area contributed by atoms with Crippen molar-refractivity contribution in [1.29, 1.82) is 0 Å². The molecule has 3 heterocycles. The van der Waals surface area contributed by atoms with Gasteiger partial charge >= 0.3 is 5.92 Å². The van der Waals surface area contributed by atoms with Crippen molar-refractivity contribution in [3.05, 3.63) is 41.1 Å². The monoisotopic (exact) mass is 577 g/mol. The van der Waals surface area contributed by atoms with Crippen molar-refractivity contribution in [3.63, 3.8) is 0 Å². The first-order valence-corrected chi connectivity index (χ1v) is 14.0. The number of halogens is 4. The van der Waals surface area contributed by atoms with Crippen LogP contribution in [0.4, 0.5) is 17.6 Å². The van der Waals surface area contributed by atoms with Crippen LogP contribution in [0.15, 0.2) is 23.1 Å². The van der Waals surface area contributed by atoms with Crippen molar-refractivity contribution in [2.75, 3.05) is 0 Å². The van der Waals surface area contributed by atoms with Gasteiger partial charge in [-0.05, 0) is 80.0 Å². The van der Waals surface area contributed by atoms with Crippen LogP contribution < -0.4 is 10.6 Å². The van der Waals surface area contributed by atoms with E-state index in [4.69, 9.17) is 0 Å². The van der Waals surface area contributed by atoms with E-state index >= 15 is 0 Å². The van der Waals surface area contributed by atoms with Gasteiger partial charge in [0.25, 0.3) is 11.8 Å². The minimum atomic E-state index is -3.44. The fourth-order valence-corrected chi connectivity index (χ4v) is 5.63. The number of carbonyl (C=O) groups excluding carboxylic acids is 2. The minimum Gasteiger partial charge on any atom is -0.344 e.